The van der Waals surface area contributed by atoms with Gasteiger partial charge in [-0.2, -0.15) is 0 Å². The predicted octanol–water partition coefficient (Wildman–Crippen LogP) is 5.47. The minimum absolute atomic E-state index is 0.127. The fraction of sp³-hybridized carbons (Fsp3) is 0.290. The van der Waals surface area contributed by atoms with Crippen molar-refractivity contribution in [2.45, 2.75) is 40.2 Å². The SMILES string of the molecule is Cc1ccc2c(c1)N(C)C[C@@H](COc1cc(C)c(C(=O)n3c(C)c(CC(=O)O)c4ccccc43)cc1C)O2. The summed E-state index contributed by atoms with van der Waals surface area (Å²) in [6.45, 7) is 8.78. The third kappa shape index (κ3) is 4.60. The smallest absolute Gasteiger partial charge is 0.307 e. The van der Waals surface area contributed by atoms with Crippen molar-refractivity contribution in [1.82, 2.24) is 4.57 Å². The normalized spacial score (nSPS) is 14.8. The lowest BCUT2D eigenvalue weighted by atomic mass is 10.0. The molecule has 0 unspecified atom stereocenters. The van der Waals surface area contributed by atoms with E-state index in [9.17, 15) is 14.7 Å². The van der Waals surface area contributed by atoms with Crippen LogP contribution in [0.25, 0.3) is 10.9 Å². The first kappa shape index (κ1) is 25.4. The molecule has 0 saturated carbocycles. The highest BCUT2D eigenvalue weighted by atomic mass is 16.5. The number of para-hydroxylation sites is 1. The number of nitrogens with zero attached hydrogens (tertiary/aromatic N) is 2. The van der Waals surface area contributed by atoms with Gasteiger partial charge in [0.1, 0.15) is 24.2 Å². The van der Waals surface area contributed by atoms with Gasteiger partial charge in [-0.1, -0.05) is 24.3 Å². The van der Waals surface area contributed by atoms with Gasteiger partial charge in [0.05, 0.1) is 24.2 Å². The van der Waals surface area contributed by atoms with Crippen LogP contribution >= 0.6 is 0 Å². The van der Waals surface area contributed by atoms with Crippen LogP contribution < -0.4 is 14.4 Å². The summed E-state index contributed by atoms with van der Waals surface area (Å²) in [5, 5.41) is 10.2. The molecule has 196 valence electrons. The van der Waals surface area contributed by atoms with E-state index in [4.69, 9.17) is 9.47 Å². The van der Waals surface area contributed by atoms with Crippen LogP contribution in [0.2, 0.25) is 0 Å². The second kappa shape index (κ2) is 9.89. The van der Waals surface area contributed by atoms with Crippen molar-refractivity contribution >= 4 is 28.5 Å². The molecule has 1 aliphatic heterocycles. The third-order valence-electron chi connectivity index (χ3n) is 7.25. The Morgan fingerprint density at radius 2 is 1.79 bits per heavy atom. The Labute approximate surface area is 222 Å². The highest BCUT2D eigenvalue weighted by Gasteiger charge is 2.26. The number of aryl methyl sites for hydroxylation is 3. The van der Waals surface area contributed by atoms with Gasteiger partial charge in [0.15, 0.2) is 0 Å². The summed E-state index contributed by atoms with van der Waals surface area (Å²) in [6.07, 6.45) is -0.266. The standard InChI is InChI=1S/C31H32N2O5/c1-18-10-11-28-27(12-18)32(5)16-22(38-28)17-37-29-14-19(2)24(13-20(29)3)31(36)33-21(4)25(15-30(34)35)23-8-6-7-9-26(23)33/h6-14,22H,15-17H2,1-5H3,(H,34,35)/t22-/m0/s1. The number of hydrogen-bond acceptors (Lipinski definition) is 5. The average Bonchev–Trinajstić information content (AvgIpc) is 3.15. The van der Waals surface area contributed by atoms with Crippen molar-refractivity contribution in [3.05, 3.63) is 88.1 Å². The molecule has 0 amide bonds. The number of hydrogen-bond donors (Lipinski definition) is 1. The molecule has 1 N–H and O–H groups in total. The molecule has 0 saturated heterocycles. The summed E-state index contributed by atoms with van der Waals surface area (Å²) in [5.74, 6) is 0.444. The maximum atomic E-state index is 13.8. The monoisotopic (exact) mass is 512 g/mol. The van der Waals surface area contributed by atoms with E-state index in [1.54, 1.807) is 11.5 Å². The van der Waals surface area contributed by atoms with E-state index in [1.165, 1.54) is 5.56 Å². The molecule has 38 heavy (non-hydrogen) atoms. The summed E-state index contributed by atoms with van der Waals surface area (Å²) in [7, 11) is 2.05. The first-order valence-corrected chi connectivity index (χ1v) is 12.7. The van der Waals surface area contributed by atoms with E-state index < -0.39 is 5.97 Å². The maximum absolute atomic E-state index is 13.8. The third-order valence-corrected chi connectivity index (χ3v) is 7.25. The summed E-state index contributed by atoms with van der Waals surface area (Å²) in [5.41, 5.74) is 6.46. The molecule has 7 nitrogen and oxygen atoms in total. The molecule has 0 aliphatic carbocycles. The van der Waals surface area contributed by atoms with Crippen LogP contribution in [0.1, 0.15) is 38.3 Å². The van der Waals surface area contributed by atoms with E-state index in [0.29, 0.717) is 41.2 Å². The molecule has 1 atom stereocenters. The zero-order valence-corrected chi connectivity index (χ0v) is 22.4. The summed E-state index contributed by atoms with van der Waals surface area (Å²) in [4.78, 5) is 27.5. The second-order valence-electron chi connectivity index (χ2n) is 10.1. The molecule has 2 heterocycles. The number of likely N-dealkylation sites (N-methyl/N-ethyl adjacent to an activating group) is 1. The molecule has 1 aromatic heterocycles. The number of ether oxygens (including phenoxy) is 2. The Morgan fingerprint density at radius 1 is 1.03 bits per heavy atom. The molecule has 0 spiro atoms. The van der Waals surface area contributed by atoms with E-state index >= 15 is 0 Å². The van der Waals surface area contributed by atoms with E-state index in [0.717, 1.165) is 28.0 Å². The summed E-state index contributed by atoms with van der Waals surface area (Å²) < 4.78 is 14.0. The van der Waals surface area contributed by atoms with Crippen molar-refractivity contribution in [1.29, 1.82) is 0 Å². The molecule has 0 fully saturated rings. The van der Waals surface area contributed by atoms with E-state index in [-0.39, 0.29) is 18.4 Å². The number of fused-ring (bicyclic) bond motifs is 2. The van der Waals surface area contributed by atoms with Crippen molar-refractivity contribution in [2.24, 2.45) is 0 Å². The summed E-state index contributed by atoms with van der Waals surface area (Å²) >= 11 is 0. The zero-order chi connectivity index (χ0) is 27.1. The van der Waals surface area contributed by atoms with Gasteiger partial charge in [-0.25, -0.2) is 0 Å². The van der Waals surface area contributed by atoms with Crippen LogP contribution in [0.4, 0.5) is 5.69 Å². The van der Waals surface area contributed by atoms with Crippen LogP contribution in [0.5, 0.6) is 11.5 Å². The second-order valence-corrected chi connectivity index (χ2v) is 10.1. The lowest BCUT2D eigenvalue weighted by molar-refractivity contribution is -0.136. The number of carbonyl (C=O) groups excluding carboxylic acids is 1. The molecule has 5 rings (SSSR count). The Bertz CT molecular complexity index is 1570. The molecule has 3 aromatic carbocycles. The summed E-state index contributed by atoms with van der Waals surface area (Å²) in [6, 6.07) is 17.3. The van der Waals surface area contributed by atoms with Gasteiger partial charge in [-0.15, -0.1) is 0 Å². The maximum Gasteiger partial charge on any atom is 0.307 e. The lowest BCUT2D eigenvalue weighted by Crippen LogP contribution is -2.41. The van der Waals surface area contributed by atoms with Gasteiger partial charge >= 0.3 is 5.97 Å². The molecule has 7 heteroatoms. The Balaban J connectivity index is 1.39. The number of aromatic nitrogens is 1. The van der Waals surface area contributed by atoms with Gasteiger partial charge in [0.25, 0.3) is 5.91 Å². The highest BCUT2D eigenvalue weighted by molar-refractivity contribution is 6.05. The molecular formula is C31H32N2O5. The zero-order valence-electron chi connectivity index (χ0n) is 22.4. The number of carboxylic acid groups (broad SMARTS) is 1. The fourth-order valence-electron chi connectivity index (χ4n) is 5.28. The number of benzene rings is 3. The molecule has 1 aliphatic rings. The van der Waals surface area contributed by atoms with Gasteiger partial charge in [0, 0.05) is 23.7 Å². The van der Waals surface area contributed by atoms with Crippen LogP contribution in [0.15, 0.2) is 54.6 Å². The molecular weight excluding hydrogens is 480 g/mol. The Morgan fingerprint density at radius 3 is 2.55 bits per heavy atom. The fourth-order valence-corrected chi connectivity index (χ4v) is 5.28. The molecule has 0 radical (unpaired) electrons. The van der Waals surface area contributed by atoms with Crippen molar-refractivity contribution in [2.75, 3.05) is 25.1 Å². The van der Waals surface area contributed by atoms with E-state index in [1.807, 2.05) is 62.4 Å². The van der Waals surface area contributed by atoms with Gasteiger partial charge in [0.2, 0.25) is 0 Å². The van der Waals surface area contributed by atoms with Crippen LogP contribution in [0.3, 0.4) is 0 Å². The topological polar surface area (TPSA) is 81.0 Å². The van der Waals surface area contributed by atoms with Crippen LogP contribution in [-0.4, -0.2) is 47.9 Å². The first-order valence-electron chi connectivity index (χ1n) is 12.7. The van der Waals surface area contributed by atoms with Gasteiger partial charge < -0.3 is 19.5 Å². The number of anilines is 1. The molecule has 4 aromatic rings. The average molecular weight is 513 g/mol. The van der Waals surface area contributed by atoms with Crippen molar-refractivity contribution < 1.29 is 24.2 Å². The van der Waals surface area contributed by atoms with Crippen molar-refractivity contribution in [3.63, 3.8) is 0 Å². The minimum atomic E-state index is -0.927. The predicted molar refractivity (Wildman–Crippen MR) is 148 cm³/mol. The Hall–Kier alpha value is -4.26. The number of carboxylic acids is 1. The number of carbonyl (C=O) groups is 2. The molecule has 0 bridgehead atoms. The van der Waals surface area contributed by atoms with Crippen LogP contribution in [-0.2, 0) is 11.2 Å². The van der Waals surface area contributed by atoms with Crippen molar-refractivity contribution in [3.8, 4) is 11.5 Å². The largest absolute Gasteiger partial charge is 0.489 e. The first-order chi connectivity index (χ1) is 18.1. The van der Waals surface area contributed by atoms with E-state index in [2.05, 4.69) is 24.9 Å². The lowest BCUT2D eigenvalue weighted by Gasteiger charge is -2.34. The van der Waals surface area contributed by atoms with Gasteiger partial charge in [-0.05, 0) is 80.3 Å². The number of aliphatic carboxylic acids is 1. The van der Waals surface area contributed by atoms with Gasteiger partial charge in [-0.3, -0.25) is 14.2 Å². The highest BCUT2D eigenvalue weighted by Crippen LogP contribution is 2.34. The minimum Gasteiger partial charge on any atom is -0.489 e. The Kier molecular flexibility index (Phi) is 6.61. The quantitative estimate of drug-likeness (QED) is 0.369. The number of rotatable bonds is 6. The van der Waals surface area contributed by atoms with Crippen LogP contribution in [0, 0.1) is 27.7 Å².